The summed E-state index contributed by atoms with van der Waals surface area (Å²) < 4.78 is 0. The Balaban J connectivity index is 2.24. The summed E-state index contributed by atoms with van der Waals surface area (Å²) in [4.78, 5) is 6.56. The zero-order valence-corrected chi connectivity index (χ0v) is 8.79. The third-order valence-corrected chi connectivity index (χ3v) is 3.11. The number of aromatic nitrogens is 1. The van der Waals surface area contributed by atoms with Crippen molar-refractivity contribution in [3.8, 4) is 0 Å². The molecule has 0 spiro atoms. The zero-order chi connectivity index (χ0) is 9.80. The van der Waals surface area contributed by atoms with Gasteiger partial charge in [0.2, 0.25) is 0 Å². The summed E-state index contributed by atoms with van der Waals surface area (Å²) in [5, 5.41) is 0. The van der Waals surface area contributed by atoms with Crippen LogP contribution in [-0.4, -0.2) is 4.98 Å². The van der Waals surface area contributed by atoms with Gasteiger partial charge in [0.1, 0.15) is 0 Å². The molecule has 2 aromatic rings. The van der Waals surface area contributed by atoms with Crippen LogP contribution in [-0.2, 0) is 0 Å². The third-order valence-electron chi connectivity index (χ3n) is 1.96. The molecule has 0 saturated carbocycles. The fraction of sp³-hybridized carbons (Fsp3) is 0.0833. The van der Waals surface area contributed by atoms with Crippen molar-refractivity contribution in [1.29, 1.82) is 0 Å². The fourth-order valence-electron chi connectivity index (χ4n) is 1.21. The van der Waals surface area contributed by atoms with Crippen LogP contribution in [0.4, 0.5) is 0 Å². The summed E-state index contributed by atoms with van der Waals surface area (Å²) in [5.74, 6) is 0. The second-order valence-corrected chi connectivity index (χ2v) is 4.17. The molecule has 0 saturated heterocycles. The summed E-state index contributed by atoms with van der Waals surface area (Å²) in [6.45, 7) is 2.12. The molecule has 1 nitrogen and oxygen atoms in total. The molecular weight excluding hydrogens is 190 g/mol. The lowest BCUT2D eigenvalue weighted by Crippen LogP contribution is -1.79. The van der Waals surface area contributed by atoms with Gasteiger partial charge in [0.05, 0.1) is 0 Å². The summed E-state index contributed by atoms with van der Waals surface area (Å²) in [6.07, 6.45) is 3.68. The Hall–Kier alpha value is -1.28. The Morgan fingerprint density at radius 3 is 2.64 bits per heavy atom. The van der Waals surface area contributed by atoms with Crippen LogP contribution < -0.4 is 0 Å². The smallest absolute Gasteiger partial charge is 0.0407 e. The fourth-order valence-corrected chi connectivity index (χ4v) is 2.10. The van der Waals surface area contributed by atoms with Crippen LogP contribution in [0.5, 0.6) is 0 Å². The molecule has 14 heavy (non-hydrogen) atoms. The highest BCUT2D eigenvalue weighted by Gasteiger charge is 1.98. The third kappa shape index (κ3) is 2.15. The molecule has 2 rings (SSSR count). The number of hydrogen-bond acceptors (Lipinski definition) is 2. The van der Waals surface area contributed by atoms with Crippen LogP contribution in [0.15, 0.2) is 58.6 Å². The number of hydrogen-bond donors (Lipinski definition) is 0. The van der Waals surface area contributed by atoms with Crippen molar-refractivity contribution in [3.05, 3.63) is 54.4 Å². The Morgan fingerprint density at radius 1 is 1.07 bits per heavy atom. The van der Waals surface area contributed by atoms with E-state index in [0.29, 0.717) is 0 Å². The molecule has 0 aliphatic carbocycles. The maximum Gasteiger partial charge on any atom is 0.0407 e. The lowest BCUT2D eigenvalue weighted by molar-refractivity contribution is 1.22. The molecule has 0 radical (unpaired) electrons. The Kier molecular flexibility index (Phi) is 2.84. The first-order chi connectivity index (χ1) is 6.86. The second-order valence-electron chi connectivity index (χ2n) is 3.06. The highest BCUT2D eigenvalue weighted by molar-refractivity contribution is 7.99. The number of pyridine rings is 1. The molecule has 0 atom stereocenters. The van der Waals surface area contributed by atoms with E-state index < -0.39 is 0 Å². The lowest BCUT2D eigenvalue weighted by atomic mass is 10.2. The van der Waals surface area contributed by atoms with E-state index in [1.807, 2.05) is 12.3 Å². The number of aryl methyl sites for hydroxylation is 1. The molecular formula is C12H11NS. The van der Waals surface area contributed by atoms with E-state index in [1.165, 1.54) is 15.4 Å². The topological polar surface area (TPSA) is 12.9 Å². The second kappa shape index (κ2) is 4.29. The quantitative estimate of drug-likeness (QED) is 0.737. The van der Waals surface area contributed by atoms with E-state index in [0.717, 1.165) is 0 Å². The van der Waals surface area contributed by atoms with Crippen molar-refractivity contribution in [2.45, 2.75) is 16.7 Å². The standard InChI is InChI=1S/C12H11NS/c1-10-5-2-3-7-12(10)14-11-6-4-8-13-9-11/h2-9H,1H3. The first-order valence-electron chi connectivity index (χ1n) is 4.50. The van der Waals surface area contributed by atoms with Gasteiger partial charge < -0.3 is 0 Å². The minimum absolute atomic E-state index is 1.18. The van der Waals surface area contributed by atoms with Gasteiger partial charge in [-0.05, 0) is 30.7 Å². The maximum atomic E-state index is 4.09. The number of rotatable bonds is 2. The van der Waals surface area contributed by atoms with E-state index >= 15 is 0 Å². The molecule has 1 aromatic heterocycles. The molecule has 1 aromatic carbocycles. The van der Waals surface area contributed by atoms with Crippen molar-refractivity contribution in [2.24, 2.45) is 0 Å². The van der Waals surface area contributed by atoms with E-state index in [4.69, 9.17) is 0 Å². The van der Waals surface area contributed by atoms with E-state index in [9.17, 15) is 0 Å². The van der Waals surface area contributed by atoms with Crippen LogP contribution in [0.25, 0.3) is 0 Å². The van der Waals surface area contributed by atoms with Crippen molar-refractivity contribution >= 4 is 11.8 Å². The van der Waals surface area contributed by atoms with Gasteiger partial charge in [-0.3, -0.25) is 4.98 Å². The van der Waals surface area contributed by atoms with E-state index in [1.54, 1.807) is 18.0 Å². The molecule has 2 heteroatoms. The van der Waals surface area contributed by atoms with Gasteiger partial charge in [-0.15, -0.1) is 0 Å². The van der Waals surface area contributed by atoms with Gasteiger partial charge in [0, 0.05) is 22.2 Å². The lowest BCUT2D eigenvalue weighted by Gasteiger charge is -2.03. The predicted octanol–water partition coefficient (Wildman–Crippen LogP) is 3.54. The Labute approximate surface area is 88.2 Å². The highest BCUT2D eigenvalue weighted by atomic mass is 32.2. The normalized spacial score (nSPS) is 10.1. The van der Waals surface area contributed by atoms with Crippen molar-refractivity contribution in [2.75, 3.05) is 0 Å². The Morgan fingerprint density at radius 2 is 1.93 bits per heavy atom. The number of nitrogens with zero attached hydrogens (tertiary/aromatic N) is 1. The van der Waals surface area contributed by atoms with Gasteiger partial charge >= 0.3 is 0 Å². The van der Waals surface area contributed by atoms with Crippen LogP contribution in [0.2, 0.25) is 0 Å². The van der Waals surface area contributed by atoms with Crippen molar-refractivity contribution < 1.29 is 0 Å². The van der Waals surface area contributed by atoms with Crippen LogP contribution in [0, 0.1) is 6.92 Å². The summed E-state index contributed by atoms with van der Waals surface area (Å²) in [6, 6.07) is 12.4. The van der Waals surface area contributed by atoms with Crippen LogP contribution >= 0.6 is 11.8 Å². The Bertz CT molecular complexity index is 412. The van der Waals surface area contributed by atoms with Crippen molar-refractivity contribution in [3.63, 3.8) is 0 Å². The summed E-state index contributed by atoms with van der Waals surface area (Å²) in [7, 11) is 0. The molecule has 0 bridgehead atoms. The molecule has 0 amide bonds. The molecule has 0 fully saturated rings. The molecule has 0 N–H and O–H groups in total. The highest BCUT2D eigenvalue weighted by Crippen LogP contribution is 2.28. The zero-order valence-electron chi connectivity index (χ0n) is 7.97. The number of benzene rings is 1. The largest absolute Gasteiger partial charge is 0.264 e. The molecule has 0 aliphatic rings. The average molecular weight is 201 g/mol. The van der Waals surface area contributed by atoms with Gasteiger partial charge in [-0.1, -0.05) is 30.0 Å². The van der Waals surface area contributed by atoms with Crippen molar-refractivity contribution in [1.82, 2.24) is 4.98 Å². The predicted molar refractivity (Wildman–Crippen MR) is 59.5 cm³/mol. The molecule has 70 valence electrons. The van der Waals surface area contributed by atoms with Gasteiger partial charge in [-0.2, -0.15) is 0 Å². The maximum absolute atomic E-state index is 4.09. The summed E-state index contributed by atoms with van der Waals surface area (Å²) >= 11 is 1.75. The minimum atomic E-state index is 1.18. The van der Waals surface area contributed by atoms with Gasteiger partial charge in [0.25, 0.3) is 0 Å². The first-order valence-corrected chi connectivity index (χ1v) is 5.31. The summed E-state index contributed by atoms with van der Waals surface area (Å²) in [5.41, 5.74) is 1.31. The van der Waals surface area contributed by atoms with Crippen LogP contribution in [0.3, 0.4) is 0 Å². The molecule has 1 heterocycles. The van der Waals surface area contributed by atoms with E-state index in [2.05, 4.69) is 42.2 Å². The molecule has 0 aliphatic heterocycles. The first kappa shape index (κ1) is 9.28. The monoisotopic (exact) mass is 201 g/mol. The average Bonchev–Trinajstić information content (AvgIpc) is 2.23. The van der Waals surface area contributed by atoms with Crippen LogP contribution in [0.1, 0.15) is 5.56 Å². The minimum Gasteiger partial charge on any atom is -0.264 e. The molecule has 0 unspecified atom stereocenters. The SMILES string of the molecule is Cc1ccccc1Sc1cccnc1. The van der Waals surface area contributed by atoms with Gasteiger partial charge in [-0.25, -0.2) is 0 Å². The van der Waals surface area contributed by atoms with E-state index in [-0.39, 0.29) is 0 Å². The van der Waals surface area contributed by atoms with Gasteiger partial charge in [0.15, 0.2) is 0 Å².